The zero-order valence-electron chi connectivity index (χ0n) is 17.7. The van der Waals surface area contributed by atoms with Gasteiger partial charge >= 0.3 is 0 Å². The molecule has 30 heavy (non-hydrogen) atoms. The molecule has 0 saturated heterocycles. The molecule has 1 aliphatic carbocycles. The van der Waals surface area contributed by atoms with Gasteiger partial charge in [-0.25, -0.2) is 0 Å². The number of benzene rings is 1. The SMILES string of the molecule is CN=C(NCCCc1nnc(SC)n1C1CCCC1)NCCc1ccc(Cl)cc1.I. The molecule has 1 aliphatic rings. The highest BCUT2D eigenvalue weighted by molar-refractivity contribution is 14.0. The van der Waals surface area contributed by atoms with Crippen molar-refractivity contribution < 1.29 is 0 Å². The van der Waals surface area contributed by atoms with E-state index in [9.17, 15) is 0 Å². The minimum Gasteiger partial charge on any atom is -0.356 e. The van der Waals surface area contributed by atoms with Crippen LogP contribution in [0.1, 0.15) is 49.5 Å². The van der Waals surface area contributed by atoms with Crippen LogP contribution in [0.5, 0.6) is 0 Å². The van der Waals surface area contributed by atoms with Gasteiger partial charge in [0.15, 0.2) is 11.1 Å². The summed E-state index contributed by atoms with van der Waals surface area (Å²) in [5.41, 5.74) is 1.26. The van der Waals surface area contributed by atoms with Crippen LogP contribution in [0.15, 0.2) is 34.4 Å². The van der Waals surface area contributed by atoms with Crippen molar-refractivity contribution in [1.82, 2.24) is 25.4 Å². The Hall–Kier alpha value is -1.000. The number of aromatic nitrogens is 3. The Morgan fingerprint density at radius 1 is 1.13 bits per heavy atom. The first-order valence-corrected chi connectivity index (χ1v) is 12.0. The van der Waals surface area contributed by atoms with E-state index in [0.717, 1.165) is 54.3 Å². The van der Waals surface area contributed by atoms with Crippen molar-refractivity contribution in [2.24, 2.45) is 4.99 Å². The molecular formula is C21H32ClIN6S. The van der Waals surface area contributed by atoms with Gasteiger partial charge in [0.25, 0.3) is 0 Å². The lowest BCUT2D eigenvalue weighted by Crippen LogP contribution is -2.38. The van der Waals surface area contributed by atoms with Crippen LogP contribution in [-0.4, -0.2) is 47.1 Å². The average molecular weight is 563 g/mol. The van der Waals surface area contributed by atoms with Crippen molar-refractivity contribution in [1.29, 1.82) is 0 Å². The Bertz CT molecular complexity index is 789. The zero-order valence-corrected chi connectivity index (χ0v) is 21.6. The molecule has 0 spiro atoms. The molecule has 166 valence electrons. The van der Waals surface area contributed by atoms with Crippen molar-refractivity contribution in [3.63, 3.8) is 0 Å². The first kappa shape index (κ1) is 25.3. The van der Waals surface area contributed by atoms with Crippen molar-refractivity contribution in [3.8, 4) is 0 Å². The van der Waals surface area contributed by atoms with Gasteiger partial charge in [0.1, 0.15) is 5.82 Å². The van der Waals surface area contributed by atoms with Crippen molar-refractivity contribution in [2.45, 2.75) is 56.1 Å². The van der Waals surface area contributed by atoms with Crippen LogP contribution in [0.25, 0.3) is 0 Å². The topological polar surface area (TPSA) is 67.1 Å². The highest BCUT2D eigenvalue weighted by Gasteiger charge is 2.23. The number of hydrogen-bond acceptors (Lipinski definition) is 4. The van der Waals surface area contributed by atoms with E-state index in [2.05, 4.69) is 48.8 Å². The molecule has 0 bridgehead atoms. The third-order valence-corrected chi connectivity index (χ3v) is 6.22. The van der Waals surface area contributed by atoms with Crippen LogP contribution in [0.2, 0.25) is 5.02 Å². The summed E-state index contributed by atoms with van der Waals surface area (Å²) in [7, 11) is 1.80. The lowest BCUT2D eigenvalue weighted by Gasteiger charge is -2.16. The van der Waals surface area contributed by atoms with Gasteiger partial charge < -0.3 is 15.2 Å². The minimum atomic E-state index is 0. The molecule has 6 nitrogen and oxygen atoms in total. The monoisotopic (exact) mass is 562 g/mol. The van der Waals surface area contributed by atoms with Crippen molar-refractivity contribution >= 4 is 53.3 Å². The summed E-state index contributed by atoms with van der Waals surface area (Å²) in [5, 5.41) is 17.5. The summed E-state index contributed by atoms with van der Waals surface area (Å²) in [4.78, 5) is 4.31. The van der Waals surface area contributed by atoms with Crippen molar-refractivity contribution in [2.75, 3.05) is 26.4 Å². The molecule has 0 amide bonds. The van der Waals surface area contributed by atoms with Crippen molar-refractivity contribution in [3.05, 3.63) is 40.7 Å². The summed E-state index contributed by atoms with van der Waals surface area (Å²) in [6.07, 6.45) is 10.1. The molecule has 0 unspecified atom stereocenters. The van der Waals surface area contributed by atoms with E-state index in [4.69, 9.17) is 11.6 Å². The quantitative estimate of drug-likeness (QED) is 0.152. The van der Waals surface area contributed by atoms with Crippen LogP contribution in [0, 0.1) is 0 Å². The van der Waals surface area contributed by atoms with Crippen LogP contribution < -0.4 is 10.6 Å². The zero-order chi connectivity index (χ0) is 20.5. The van der Waals surface area contributed by atoms with Crippen LogP contribution in [-0.2, 0) is 12.8 Å². The summed E-state index contributed by atoms with van der Waals surface area (Å²) < 4.78 is 2.39. The lowest BCUT2D eigenvalue weighted by atomic mass is 10.1. The van der Waals surface area contributed by atoms with Crippen LogP contribution >= 0.6 is 47.3 Å². The third-order valence-electron chi connectivity index (χ3n) is 5.32. The molecule has 3 rings (SSSR count). The Labute approximate surface area is 206 Å². The molecule has 1 saturated carbocycles. The summed E-state index contributed by atoms with van der Waals surface area (Å²) in [6, 6.07) is 8.55. The number of aryl methyl sites for hydroxylation is 1. The van der Waals surface area contributed by atoms with E-state index in [-0.39, 0.29) is 24.0 Å². The second-order valence-corrected chi connectivity index (χ2v) is 8.53. The Morgan fingerprint density at radius 2 is 1.83 bits per heavy atom. The predicted octanol–water partition coefficient (Wildman–Crippen LogP) is 4.73. The fourth-order valence-corrected chi connectivity index (χ4v) is 4.50. The Balaban J connectivity index is 0.00000320. The van der Waals surface area contributed by atoms with E-state index in [1.807, 2.05) is 12.1 Å². The molecule has 1 aromatic heterocycles. The first-order valence-electron chi connectivity index (χ1n) is 10.4. The largest absolute Gasteiger partial charge is 0.356 e. The maximum Gasteiger partial charge on any atom is 0.191 e. The summed E-state index contributed by atoms with van der Waals surface area (Å²) in [5.74, 6) is 1.95. The summed E-state index contributed by atoms with van der Waals surface area (Å²) >= 11 is 7.63. The number of hydrogen-bond donors (Lipinski definition) is 2. The molecular weight excluding hydrogens is 531 g/mol. The maximum absolute atomic E-state index is 5.93. The van der Waals surface area contributed by atoms with Crippen LogP contribution in [0.3, 0.4) is 0 Å². The smallest absolute Gasteiger partial charge is 0.191 e. The lowest BCUT2D eigenvalue weighted by molar-refractivity contribution is 0.460. The highest BCUT2D eigenvalue weighted by atomic mass is 127. The van der Waals surface area contributed by atoms with Gasteiger partial charge in [0.2, 0.25) is 0 Å². The number of nitrogens with one attached hydrogen (secondary N) is 2. The fourth-order valence-electron chi connectivity index (χ4n) is 3.80. The summed E-state index contributed by atoms with van der Waals surface area (Å²) in [6.45, 7) is 1.68. The van der Waals surface area contributed by atoms with E-state index in [1.54, 1.807) is 18.8 Å². The molecule has 0 radical (unpaired) electrons. The predicted molar refractivity (Wildman–Crippen MR) is 138 cm³/mol. The van der Waals surface area contributed by atoms with E-state index in [1.165, 1.54) is 31.2 Å². The number of rotatable bonds is 9. The first-order chi connectivity index (χ1) is 14.2. The standard InChI is InChI=1S/C21H31ClN6S.HI/c1-23-20(25-15-13-16-9-11-17(22)12-10-16)24-14-5-8-19-26-27-21(29-2)28(19)18-6-3-4-7-18;/h9-12,18H,3-8,13-15H2,1-2H3,(H2,23,24,25);1H. The molecule has 1 aromatic carbocycles. The van der Waals surface area contributed by atoms with Gasteiger partial charge in [-0.1, -0.05) is 48.3 Å². The normalized spacial score (nSPS) is 14.6. The highest BCUT2D eigenvalue weighted by Crippen LogP contribution is 2.33. The van der Waals surface area contributed by atoms with Gasteiger partial charge in [-0.05, 0) is 49.6 Å². The third kappa shape index (κ3) is 7.30. The Morgan fingerprint density at radius 3 is 2.50 bits per heavy atom. The minimum absolute atomic E-state index is 0. The number of nitrogens with zero attached hydrogens (tertiary/aromatic N) is 4. The van der Waals surface area contributed by atoms with Gasteiger partial charge in [-0.3, -0.25) is 4.99 Å². The second kappa shape index (κ2) is 13.4. The number of thioether (sulfide) groups is 1. The molecule has 0 aliphatic heterocycles. The number of halogens is 2. The molecule has 0 atom stereocenters. The van der Waals surface area contributed by atoms with E-state index < -0.39 is 0 Å². The number of guanidine groups is 1. The van der Waals surface area contributed by atoms with Gasteiger partial charge in [0.05, 0.1) is 0 Å². The molecule has 2 aromatic rings. The average Bonchev–Trinajstić information content (AvgIpc) is 3.40. The molecule has 1 fully saturated rings. The van der Waals surface area contributed by atoms with E-state index in [0.29, 0.717) is 6.04 Å². The Kier molecular flexibility index (Phi) is 11.3. The van der Waals surface area contributed by atoms with Gasteiger partial charge in [-0.15, -0.1) is 34.2 Å². The maximum atomic E-state index is 5.93. The van der Waals surface area contributed by atoms with E-state index >= 15 is 0 Å². The number of aliphatic imine (C=N–C) groups is 1. The molecule has 1 heterocycles. The fraction of sp³-hybridized carbons (Fsp3) is 0.571. The second-order valence-electron chi connectivity index (χ2n) is 7.32. The van der Waals surface area contributed by atoms with Gasteiger partial charge in [0, 0.05) is 37.6 Å². The molecule has 2 N–H and O–H groups in total. The van der Waals surface area contributed by atoms with Gasteiger partial charge in [-0.2, -0.15) is 0 Å². The van der Waals surface area contributed by atoms with Crippen LogP contribution in [0.4, 0.5) is 0 Å². The molecule has 9 heteroatoms.